The van der Waals surface area contributed by atoms with Gasteiger partial charge in [-0.1, -0.05) is 6.92 Å². The predicted octanol–water partition coefficient (Wildman–Crippen LogP) is 2.02. The number of rotatable bonds is 2. The lowest BCUT2D eigenvalue weighted by molar-refractivity contribution is 0.0635. The number of nitrogens with zero attached hydrogens (tertiary/aromatic N) is 4. The van der Waals surface area contributed by atoms with Crippen molar-refractivity contribution >= 4 is 17.2 Å². The molecule has 0 radical (unpaired) electrons. The van der Waals surface area contributed by atoms with Crippen LogP contribution < -0.4 is 0 Å². The van der Waals surface area contributed by atoms with Crippen LogP contribution in [0.4, 0.5) is 0 Å². The summed E-state index contributed by atoms with van der Waals surface area (Å²) in [6, 6.07) is 2.16. The highest BCUT2D eigenvalue weighted by Crippen LogP contribution is 2.38. The molecule has 5 nitrogen and oxygen atoms in total. The van der Waals surface area contributed by atoms with Crippen molar-refractivity contribution in [1.82, 2.24) is 19.6 Å². The first-order valence-corrected chi connectivity index (χ1v) is 9.21. The maximum atomic E-state index is 13.0. The van der Waals surface area contributed by atoms with E-state index >= 15 is 0 Å². The fourth-order valence-electron chi connectivity index (χ4n) is 3.71. The molecular formula is C17H22N4OS. The number of piperazine rings is 1. The van der Waals surface area contributed by atoms with E-state index in [1.165, 1.54) is 10.4 Å². The van der Waals surface area contributed by atoms with Crippen LogP contribution >= 0.6 is 11.3 Å². The highest BCUT2D eigenvalue weighted by Gasteiger charge is 2.31. The van der Waals surface area contributed by atoms with Crippen molar-refractivity contribution in [3.05, 3.63) is 27.6 Å². The predicted molar refractivity (Wildman–Crippen MR) is 91.9 cm³/mol. The molecule has 1 aliphatic heterocycles. The van der Waals surface area contributed by atoms with Gasteiger partial charge in [0.15, 0.2) is 5.69 Å². The zero-order chi connectivity index (χ0) is 16.0. The molecule has 122 valence electrons. The van der Waals surface area contributed by atoms with E-state index in [2.05, 4.69) is 28.4 Å². The second-order valence-electron chi connectivity index (χ2n) is 6.28. The van der Waals surface area contributed by atoms with Crippen LogP contribution in [0.5, 0.6) is 0 Å². The van der Waals surface area contributed by atoms with Crippen LogP contribution in [-0.4, -0.2) is 58.2 Å². The van der Waals surface area contributed by atoms with E-state index in [0.717, 1.165) is 56.8 Å². The van der Waals surface area contributed by atoms with Crippen molar-refractivity contribution in [2.45, 2.75) is 19.8 Å². The van der Waals surface area contributed by atoms with Gasteiger partial charge in [-0.3, -0.25) is 9.48 Å². The lowest BCUT2D eigenvalue weighted by atomic mass is 9.94. The fraction of sp³-hybridized carbons (Fsp3) is 0.529. The van der Waals surface area contributed by atoms with Gasteiger partial charge in [-0.15, -0.1) is 11.3 Å². The van der Waals surface area contributed by atoms with Crippen LogP contribution in [0, 0.1) is 0 Å². The monoisotopic (exact) mass is 330 g/mol. The summed E-state index contributed by atoms with van der Waals surface area (Å²) in [5.74, 6) is 0.108. The highest BCUT2D eigenvalue weighted by molar-refractivity contribution is 7.10. The minimum atomic E-state index is 0.108. The number of hydrogen-bond donors (Lipinski definition) is 0. The third-order valence-corrected chi connectivity index (χ3v) is 6.04. The average molecular weight is 330 g/mol. The summed E-state index contributed by atoms with van der Waals surface area (Å²) in [4.78, 5) is 18.7. The Labute approximate surface area is 140 Å². The molecule has 1 aliphatic carbocycles. The lowest BCUT2D eigenvalue weighted by Gasteiger charge is -2.33. The lowest BCUT2D eigenvalue weighted by Crippen LogP contribution is -2.48. The summed E-state index contributed by atoms with van der Waals surface area (Å²) in [6.07, 6.45) is 1.95. The summed E-state index contributed by atoms with van der Waals surface area (Å²) in [6.45, 7) is 6.77. The Hall–Kier alpha value is -1.66. The molecule has 0 saturated carbocycles. The summed E-state index contributed by atoms with van der Waals surface area (Å²) in [5.41, 5.74) is 4.22. The Morgan fingerprint density at radius 2 is 2.04 bits per heavy atom. The number of aryl methyl sites for hydroxylation is 2. The van der Waals surface area contributed by atoms with Crippen molar-refractivity contribution in [3.8, 4) is 11.3 Å². The van der Waals surface area contributed by atoms with E-state index in [-0.39, 0.29) is 5.91 Å². The molecule has 1 saturated heterocycles. The molecule has 3 heterocycles. The van der Waals surface area contributed by atoms with Crippen molar-refractivity contribution in [2.24, 2.45) is 7.05 Å². The van der Waals surface area contributed by atoms with E-state index in [9.17, 15) is 4.79 Å². The molecule has 23 heavy (non-hydrogen) atoms. The number of amides is 1. The summed E-state index contributed by atoms with van der Waals surface area (Å²) >= 11 is 1.80. The van der Waals surface area contributed by atoms with Crippen molar-refractivity contribution in [1.29, 1.82) is 0 Å². The van der Waals surface area contributed by atoms with Crippen LogP contribution in [0.15, 0.2) is 11.4 Å². The molecule has 6 heteroatoms. The van der Waals surface area contributed by atoms with Gasteiger partial charge < -0.3 is 9.80 Å². The molecule has 1 fully saturated rings. The molecule has 0 bridgehead atoms. The van der Waals surface area contributed by atoms with Crippen LogP contribution in [0.2, 0.25) is 0 Å². The van der Waals surface area contributed by atoms with Crippen molar-refractivity contribution in [2.75, 3.05) is 32.7 Å². The summed E-state index contributed by atoms with van der Waals surface area (Å²) in [5, 5.41) is 6.74. The largest absolute Gasteiger partial charge is 0.335 e. The van der Waals surface area contributed by atoms with Crippen LogP contribution in [-0.2, 0) is 19.9 Å². The van der Waals surface area contributed by atoms with Gasteiger partial charge in [0, 0.05) is 49.2 Å². The van der Waals surface area contributed by atoms with Gasteiger partial charge in [0.2, 0.25) is 0 Å². The first-order chi connectivity index (χ1) is 11.2. The molecule has 0 spiro atoms. The average Bonchev–Trinajstić information content (AvgIpc) is 3.18. The number of fused-ring (bicyclic) bond motifs is 3. The Morgan fingerprint density at radius 3 is 2.78 bits per heavy atom. The SMILES string of the molecule is CCN1CCN(C(=O)c2nn(C)c3c2CCc2sccc2-3)CC1. The minimum absolute atomic E-state index is 0.108. The first-order valence-electron chi connectivity index (χ1n) is 8.33. The molecular weight excluding hydrogens is 308 g/mol. The number of carbonyl (C=O) groups is 1. The molecule has 0 unspecified atom stereocenters. The van der Waals surface area contributed by atoms with Gasteiger partial charge >= 0.3 is 0 Å². The van der Waals surface area contributed by atoms with Crippen molar-refractivity contribution in [3.63, 3.8) is 0 Å². The van der Waals surface area contributed by atoms with Gasteiger partial charge in [-0.2, -0.15) is 5.10 Å². The second kappa shape index (κ2) is 5.76. The molecule has 1 amide bonds. The highest BCUT2D eigenvalue weighted by atomic mass is 32.1. The van der Waals surface area contributed by atoms with E-state index < -0.39 is 0 Å². The number of hydrogen-bond acceptors (Lipinski definition) is 4. The zero-order valence-electron chi connectivity index (χ0n) is 13.7. The van der Waals surface area contributed by atoms with Gasteiger partial charge in [-0.05, 0) is 30.8 Å². The Balaban J connectivity index is 1.64. The fourth-order valence-corrected chi connectivity index (χ4v) is 4.59. The van der Waals surface area contributed by atoms with Gasteiger partial charge in [0.05, 0.1) is 5.69 Å². The third-order valence-electron chi connectivity index (χ3n) is 5.06. The second-order valence-corrected chi connectivity index (χ2v) is 7.28. The minimum Gasteiger partial charge on any atom is -0.335 e. The standard InChI is InChI=1S/C17H22N4OS/c1-3-20-7-9-21(10-8-20)17(22)15-13-4-5-14-12(6-11-23-14)16(13)19(2)18-15/h6,11H,3-5,7-10H2,1-2H3. The van der Waals surface area contributed by atoms with Gasteiger partial charge in [0.1, 0.15) is 0 Å². The number of thiophene rings is 1. The summed E-state index contributed by atoms with van der Waals surface area (Å²) < 4.78 is 1.90. The molecule has 0 atom stereocenters. The number of aromatic nitrogens is 2. The van der Waals surface area contributed by atoms with E-state index in [1.807, 2.05) is 16.6 Å². The Bertz CT molecular complexity index is 740. The molecule has 2 aromatic heterocycles. The molecule has 2 aliphatic rings. The molecule has 2 aromatic rings. The normalized spacial score (nSPS) is 17.9. The molecule has 4 rings (SSSR count). The summed E-state index contributed by atoms with van der Waals surface area (Å²) in [7, 11) is 1.96. The Morgan fingerprint density at radius 1 is 1.26 bits per heavy atom. The maximum absolute atomic E-state index is 13.0. The zero-order valence-corrected chi connectivity index (χ0v) is 14.5. The van der Waals surface area contributed by atoms with Crippen molar-refractivity contribution < 1.29 is 4.79 Å². The van der Waals surface area contributed by atoms with Gasteiger partial charge in [0.25, 0.3) is 5.91 Å². The van der Waals surface area contributed by atoms with Crippen LogP contribution in [0.3, 0.4) is 0 Å². The topological polar surface area (TPSA) is 41.4 Å². The quantitative estimate of drug-likeness (QED) is 0.846. The van der Waals surface area contributed by atoms with E-state index in [4.69, 9.17) is 0 Å². The number of carbonyl (C=O) groups excluding carboxylic acids is 1. The first kappa shape index (κ1) is 14.9. The van der Waals surface area contributed by atoms with Crippen LogP contribution in [0.1, 0.15) is 27.9 Å². The van der Waals surface area contributed by atoms with Crippen LogP contribution in [0.25, 0.3) is 11.3 Å². The Kier molecular flexibility index (Phi) is 3.73. The van der Waals surface area contributed by atoms with E-state index in [1.54, 1.807) is 11.3 Å². The smallest absolute Gasteiger partial charge is 0.274 e. The number of likely N-dealkylation sites (N-methyl/N-ethyl adjacent to an activating group) is 1. The molecule has 0 N–H and O–H groups in total. The maximum Gasteiger partial charge on any atom is 0.274 e. The third kappa shape index (κ3) is 2.40. The molecule has 0 aromatic carbocycles. The van der Waals surface area contributed by atoms with Gasteiger partial charge in [-0.25, -0.2) is 0 Å². The van der Waals surface area contributed by atoms with E-state index in [0.29, 0.717) is 5.69 Å².